The summed E-state index contributed by atoms with van der Waals surface area (Å²) in [5.74, 6) is -0.0654. The van der Waals surface area contributed by atoms with Gasteiger partial charge in [0, 0.05) is 11.9 Å². The van der Waals surface area contributed by atoms with Crippen LogP contribution in [-0.2, 0) is 11.3 Å². The van der Waals surface area contributed by atoms with Crippen LogP contribution in [0, 0.1) is 13.8 Å². The van der Waals surface area contributed by atoms with Crippen LogP contribution in [0.1, 0.15) is 30.0 Å². The third-order valence-corrected chi connectivity index (χ3v) is 2.91. The molecule has 2 rings (SSSR count). The molecule has 19 heavy (non-hydrogen) atoms. The number of hydrogen-bond donors (Lipinski definition) is 1. The monoisotopic (exact) mass is 258 g/mol. The Morgan fingerprint density at radius 2 is 2.21 bits per heavy atom. The van der Waals surface area contributed by atoms with Crippen molar-refractivity contribution in [3.63, 3.8) is 0 Å². The van der Waals surface area contributed by atoms with Crippen molar-refractivity contribution in [2.24, 2.45) is 0 Å². The molecule has 0 saturated heterocycles. The average Bonchev–Trinajstić information content (AvgIpc) is 2.68. The van der Waals surface area contributed by atoms with E-state index in [1.807, 2.05) is 45.0 Å². The van der Waals surface area contributed by atoms with Crippen LogP contribution in [0.15, 0.2) is 30.5 Å². The summed E-state index contributed by atoms with van der Waals surface area (Å²) in [6, 6.07) is 7.51. The van der Waals surface area contributed by atoms with Crippen molar-refractivity contribution in [2.75, 3.05) is 0 Å². The zero-order valence-electron chi connectivity index (χ0n) is 11.4. The van der Waals surface area contributed by atoms with E-state index < -0.39 is 0 Å². The summed E-state index contributed by atoms with van der Waals surface area (Å²) in [6.07, 6.45) is 1.72. The Labute approximate surface area is 112 Å². The van der Waals surface area contributed by atoms with Gasteiger partial charge in [-0.05, 0) is 39.0 Å². The fourth-order valence-electron chi connectivity index (χ4n) is 1.96. The van der Waals surface area contributed by atoms with Crippen molar-refractivity contribution in [3.05, 3.63) is 47.5 Å². The van der Waals surface area contributed by atoms with Crippen molar-refractivity contribution >= 4 is 5.91 Å². The van der Waals surface area contributed by atoms with Crippen molar-refractivity contribution in [1.29, 1.82) is 0 Å². The molecule has 1 N–H and O–H groups in total. The van der Waals surface area contributed by atoms with Crippen molar-refractivity contribution in [3.8, 4) is 0 Å². The zero-order chi connectivity index (χ0) is 13.8. The minimum absolute atomic E-state index is 0.0654. The number of nitrogens with one attached hydrogen (secondary N) is 1. The van der Waals surface area contributed by atoms with E-state index in [1.165, 1.54) is 0 Å². The Morgan fingerprint density at radius 1 is 1.42 bits per heavy atom. The maximum Gasteiger partial charge on any atom is 0.242 e. The smallest absolute Gasteiger partial charge is 0.242 e. The lowest BCUT2D eigenvalue weighted by Gasteiger charge is -2.13. The summed E-state index contributed by atoms with van der Waals surface area (Å²) in [6.45, 7) is 6.01. The van der Waals surface area contributed by atoms with Gasteiger partial charge >= 0.3 is 0 Å². The van der Waals surface area contributed by atoms with Gasteiger partial charge in [-0.25, -0.2) is 0 Å². The molecule has 5 heteroatoms. The van der Waals surface area contributed by atoms with Crippen LogP contribution < -0.4 is 5.32 Å². The first kappa shape index (κ1) is 13.3. The molecular formula is C14H18N4O. The first-order valence-electron chi connectivity index (χ1n) is 6.27. The first-order valence-corrected chi connectivity index (χ1v) is 6.27. The van der Waals surface area contributed by atoms with Gasteiger partial charge in [0.1, 0.15) is 6.54 Å². The van der Waals surface area contributed by atoms with E-state index in [0.29, 0.717) is 0 Å². The second-order valence-corrected chi connectivity index (χ2v) is 4.63. The summed E-state index contributed by atoms with van der Waals surface area (Å²) in [5, 5.41) is 7.19. The Hall–Kier alpha value is -2.17. The molecule has 0 radical (unpaired) electrons. The number of pyridine rings is 1. The summed E-state index contributed by atoms with van der Waals surface area (Å²) < 4.78 is 1.70. The van der Waals surface area contributed by atoms with Crippen molar-refractivity contribution in [2.45, 2.75) is 33.4 Å². The molecule has 1 atom stereocenters. The van der Waals surface area contributed by atoms with E-state index in [4.69, 9.17) is 0 Å². The zero-order valence-corrected chi connectivity index (χ0v) is 11.4. The standard InChI is InChI=1S/C14H18N4O/c1-10-8-11(2)18(17-10)9-14(19)16-12(3)13-6-4-5-7-15-13/h4-8,12H,9H2,1-3H3,(H,16,19). The Kier molecular flexibility index (Phi) is 3.94. The lowest BCUT2D eigenvalue weighted by atomic mass is 10.2. The summed E-state index contributed by atoms with van der Waals surface area (Å²) in [7, 11) is 0. The number of carbonyl (C=O) groups is 1. The summed E-state index contributed by atoms with van der Waals surface area (Å²) in [4.78, 5) is 16.2. The molecule has 1 amide bonds. The van der Waals surface area contributed by atoms with Crippen molar-refractivity contribution < 1.29 is 4.79 Å². The van der Waals surface area contributed by atoms with Gasteiger partial charge in [-0.2, -0.15) is 5.10 Å². The topological polar surface area (TPSA) is 59.8 Å². The molecule has 2 aromatic heterocycles. The van der Waals surface area contributed by atoms with Gasteiger partial charge in [-0.15, -0.1) is 0 Å². The predicted molar refractivity (Wildman–Crippen MR) is 72.5 cm³/mol. The van der Waals surface area contributed by atoms with Gasteiger partial charge < -0.3 is 5.32 Å². The largest absolute Gasteiger partial charge is 0.346 e. The van der Waals surface area contributed by atoms with Gasteiger partial charge in [-0.3, -0.25) is 14.5 Å². The molecule has 0 spiro atoms. The SMILES string of the molecule is Cc1cc(C)n(CC(=O)NC(C)c2ccccn2)n1. The van der Waals surface area contributed by atoms with Crippen LogP contribution in [0.4, 0.5) is 0 Å². The van der Waals surface area contributed by atoms with Crippen molar-refractivity contribution in [1.82, 2.24) is 20.1 Å². The fraction of sp³-hybridized carbons (Fsp3) is 0.357. The lowest BCUT2D eigenvalue weighted by molar-refractivity contribution is -0.122. The molecule has 0 aliphatic carbocycles. The third-order valence-electron chi connectivity index (χ3n) is 2.91. The van der Waals surface area contributed by atoms with Gasteiger partial charge in [0.05, 0.1) is 17.4 Å². The Bertz CT molecular complexity index is 562. The summed E-state index contributed by atoms with van der Waals surface area (Å²) >= 11 is 0. The number of aromatic nitrogens is 3. The van der Waals surface area contributed by atoms with Crippen LogP contribution in [0.3, 0.4) is 0 Å². The number of rotatable bonds is 4. The number of carbonyl (C=O) groups excluding carboxylic acids is 1. The molecule has 100 valence electrons. The van der Waals surface area contributed by atoms with Gasteiger partial charge in [0.25, 0.3) is 0 Å². The number of hydrogen-bond acceptors (Lipinski definition) is 3. The van der Waals surface area contributed by atoms with Crippen LogP contribution in [0.2, 0.25) is 0 Å². The highest BCUT2D eigenvalue weighted by Crippen LogP contribution is 2.08. The van der Waals surface area contributed by atoms with E-state index in [0.717, 1.165) is 17.1 Å². The fourth-order valence-corrected chi connectivity index (χ4v) is 1.96. The average molecular weight is 258 g/mol. The predicted octanol–water partition coefficient (Wildman–Crippen LogP) is 1.77. The van der Waals surface area contributed by atoms with E-state index in [2.05, 4.69) is 15.4 Å². The molecule has 0 saturated carbocycles. The van der Waals surface area contributed by atoms with E-state index in [-0.39, 0.29) is 18.5 Å². The van der Waals surface area contributed by atoms with Crippen LogP contribution >= 0.6 is 0 Å². The Balaban J connectivity index is 1.96. The Morgan fingerprint density at radius 3 is 2.79 bits per heavy atom. The van der Waals surface area contributed by atoms with Crippen LogP contribution in [-0.4, -0.2) is 20.7 Å². The van der Waals surface area contributed by atoms with Gasteiger partial charge in [0.15, 0.2) is 0 Å². The molecule has 0 aliphatic rings. The summed E-state index contributed by atoms with van der Waals surface area (Å²) in [5.41, 5.74) is 2.76. The molecule has 1 unspecified atom stereocenters. The van der Waals surface area contributed by atoms with Crippen LogP contribution in [0.5, 0.6) is 0 Å². The van der Waals surface area contributed by atoms with E-state index in [9.17, 15) is 4.79 Å². The maximum absolute atomic E-state index is 12.0. The number of amides is 1. The molecule has 2 aromatic rings. The normalized spacial score (nSPS) is 12.2. The lowest BCUT2D eigenvalue weighted by Crippen LogP contribution is -2.31. The molecule has 2 heterocycles. The highest BCUT2D eigenvalue weighted by atomic mass is 16.2. The molecule has 0 aliphatic heterocycles. The minimum Gasteiger partial charge on any atom is -0.346 e. The van der Waals surface area contributed by atoms with Crippen LogP contribution in [0.25, 0.3) is 0 Å². The molecular weight excluding hydrogens is 240 g/mol. The highest BCUT2D eigenvalue weighted by Gasteiger charge is 2.12. The highest BCUT2D eigenvalue weighted by molar-refractivity contribution is 5.76. The molecule has 5 nitrogen and oxygen atoms in total. The minimum atomic E-state index is -0.106. The quantitative estimate of drug-likeness (QED) is 0.909. The van der Waals surface area contributed by atoms with Gasteiger partial charge in [0.2, 0.25) is 5.91 Å². The molecule has 0 fully saturated rings. The molecule has 0 bridgehead atoms. The van der Waals surface area contributed by atoms with E-state index >= 15 is 0 Å². The molecule has 0 aromatic carbocycles. The third kappa shape index (κ3) is 3.40. The van der Waals surface area contributed by atoms with Gasteiger partial charge in [-0.1, -0.05) is 6.07 Å². The second-order valence-electron chi connectivity index (χ2n) is 4.63. The maximum atomic E-state index is 12.0. The first-order chi connectivity index (χ1) is 9.06. The number of aryl methyl sites for hydroxylation is 2. The number of nitrogens with zero attached hydrogens (tertiary/aromatic N) is 3. The second kappa shape index (κ2) is 5.65. The van der Waals surface area contributed by atoms with E-state index in [1.54, 1.807) is 10.9 Å².